The third-order valence-electron chi connectivity index (χ3n) is 3.82. The third-order valence-corrected chi connectivity index (χ3v) is 3.82. The van der Waals surface area contributed by atoms with Crippen molar-refractivity contribution >= 4 is 5.69 Å². The average molecular weight is 268 g/mol. The van der Waals surface area contributed by atoms with Crippen LogP contribution in [0.4, 0.5) is 5.69 Å². The summed E-state index contributed by atoms with van der Waals surface area (Å²) in [6, 6.07) is 19.4. The summed E-state index contributed by atoms with van der Waals surface area (Å²) >= 11 is 0. The first-order valence-corrected chi connectivity index (χ1v) is 7.41. The number of rotatable bonds is 6. The van der Waals surface area contributed by atoms with Crippen LogP contribution in [0.15, 0.2) is 54.6 Å². The summed E-state index contributed by atoms with van der Waals surface area (Å²) in [6.45, 7) is 5.96. The van der Waals surface area contributed by atoms with Gasteiger partial charge in [-0.05, 0) is 36.6 Å². The molecule has 0 heterocycles. The van der Waals surface area contributed by atoms with Gasteiger partial charge in [-0.25, -0.2) is 0 Å². The molecular formula is C18H24N2. The van der Waals surface area contributed by atoms with Crippen LogP contribution in [0.1, 0.15) is 31.0 Å². The predicted molar refractivity (Wildman–Crippen MR) is 87.1 cm³/mol. The average Bonchev–Trinajstić information content (AvgIpc) is 2.53. The minimum atomic E-state index is 0.235. The number of hydrogen-bond donors (Lipinski definition) is 1. The van der Waals surface area contributed by atoms with Gasteiger partial charge in [0.1, 0.15) is 0 Å². The standard InChI is InChI=1S/C18H24N2/c1-3-15-10-8-9-13-17(15)18(14-19)20(4-2)16-11-6-5-7-12-16/h5-13,18H,3-4,14,19H2,1-2H3. The number of hydrogen-bond acceptors (Lipinski definition) is 2. The molecule has 1 atom stereocenters. The summed E-state index contributed by atoms with van der Waals surface area (Å²) in [5.74, 6) is 0. The SMILES string of the molecule is CCc1ccccc1C(CN)N(CC)c1ccccc1. The molecule has 0 fully saturated rings. The van der Waals surface area contributed by atoms with E-state index in [1.54, 1.807) is 0 Å². The molecule has 0 saturated carbocycles. The van der Waals surface area contributed by atoms with Crippen molar-refractivity contribution in [2.45, 2.75) is 26.3 Å². The summed E-state index contributed by atoms with van der Waals surface area (Å²) in [6.07, 6.45) is 1.04. The van der Waals surface area contributed by atoms with Gasteiger partial charge in [0.15, 0.2) is 0 Å². The summed E-state index contributed by atoms with van der Waals surface area (Å²) in [5, 5.41) is 0. The summed E-state index contributed by atoms with van der Waals surface area (Å²) in [7, 11) is 0. The van der Waals surface area contributed by atoms with Gasteiger partial charge in [0.2, 0.25) is 0 Å². The van der Waals surface area contributed by atoms with E-state index in [-0.39, 0.29) is 6.04 Å². The first-order valence-electron chi connectivity index (χ1n) is 7.41. The smallest absolute Gasteiger partial charge is 0.0667 e. The van der Waals surface area contributed by atoms with E-state index in [0.717, 1.165) is 13.0 Å². The molecule has 0 saturated heterocycles. The molecule has 2 N–H and O–H groups in total. The molecule has 2 heteroatoms. The molecule has 2 nitrogen and oxygen atoms in total. The Morgan fingerprint density at radius 1 is 0.950 bits per heavy atom. The fraction of sp³-hybridized carbons (Fsp3) is 0.333. The van der Waals surface area contributed by atoms with Gasteiger partial charge in [-0.3, -0.25) is 0 Å². The lowest BCUT2D eigenvalue weighted by Gasteiger charge is -2.33. The van der Waals surface area contributed by atoms with E-state index >= 15 is 0 Å². The van der Waals surface area contributed by atoms with Gasteiger partial charge < -0.3 is 10.6 Å². The van der Waals surface area contributed by atoms with E-state index in [9.17, 15) is 0 Å². The Labute approximate surface area is 122 Å². The third kappa shape index (κ3) is 3.02. The number of nitrogens with zero attached hydrogens (tertiary/aromatic N) is 1. The molecule has 20 heavy (non-hydrogen) atoms. The number of benzene rings is 2. The highest BCUT2D eigenvalue weighted by Gasteiger charge is 2.20. The molecule has 0 radical (unpaired) electrons. The first kappa shape index (κ1) is 14.6. The summed E-state index contributed by atoms with van der Waals surface area (Å²) < 4.78 is 0. The number of anilines is 1. The number of nitrogens with two attached hydrogens (primary N) is 1. The first-order chi connectivity index (χ1) is 9.81. The van der Waals surface area contributed by atoms with Crippen molar-refractivity contribution in [3.63, 3.8) is 0 Å². The maximum absolute atomic E-state index is 6.10. The maximum atomic E-state index is 6.10. The quantitative estimate of drug-likeness (QED) is 0.864. The Bertz CT molecular complexity index is 522. The Morgan fingerprint density at radius 3 is 2.20 bits per heavy atom. The van der Waals surface area contributed by atoms with E-state index in [2.05, 4.69) is 73.3 Å². The second kappa shape index (κ2) is 7.11. The highest BCUT2D eigenvalue weighted by Crippen LogP contribution is 2.28. The van der Waals surface area contributed by atoms with Crippen LogP contribution >= 0.6 is 0 Å². The second-order valence-electron chi connectivity index (χ2n) is 4.93. The van der Waals surface area contributed by atoms with Gasteiger partial charge in [-0.15, -0.1) is 0 Å². The Hall–Kier alpha value is -1.80. The molecule has 2 rings (SSSR count). The zero-order valence-corrected chi connectivity index (χ0v) is 12.4. The van der Waals surface area contributed by atoms with Gasteiger partial charge in [-0.1, -0.05) is 49.4 Å². The van der Waals surface area contributed by atoms with Gasteiger partial charge in [-0.2, -0.15) is 0 Å². The molecule has 0 spiro atoms. The van der Waals surface area contributed by atoms with Crippen molar-refractivity contribution in [3.05, 3.63) is 65.7 Å². The highest BCUT2D eigenvalue weighted by atomic mass is 15.2. The lowest BCUT2D eigenvalue weighted by atomic mass is 9.97. The van der Waals surface area contributed by atoms with Crippen molar-refractivity contribution in [2.24, 2.45) is 5.73 Å². The predicted octanol–water partition coefficient (Wildman–Crippen LogP) is 3.78. The van der Waals surface area contributed by atoms with Gasteiger partial charge in [0.05, 0.1) is 6.04 Å². The Morgan fingerprint density at radius 2 is 1.60 bits per heavy atom. The molecule has 0 aliphatic carbocycles. The van der Waals surface area contributed by atoms with Crippen LogP contribution in [-0.2, 0) is 6.42 Å². The van der Waals surface area contributed by atoms with Crippen molar-refractivity contribution in [1.82, 2.24) is 0 Å². The Balaban J connectivity index is 2.39. The summed E-state index contributed by atoms with van der Waals surface area (Å²) in [5.41, 5.74) is 10.1. The fourth-order valence-corrected chi connectivity index (χ4v) is 2.81. The molecule has 0 aromatic heterocycles. The zero-order valence-electron chi connectivity index (χ0n) is 12.4. The lowest BCUT2D eigenvalue weighted by molar-refractivity contribution is 0.637. The van der Waals surface area contributed by atoms with Crippen molar-refractivity contribution < 1.29 is 0 Å². The monoisotopic (exact) mass is 268 g/mol. The van der Waals surface area contributed by atoms with Crippen LogP contribution in [0, 0.1) is 0 Å². The van der Waals surface area contributed by atoms with Gasteiger partial charge in [0.25, 0.3) is 0 Å². The number of aryl methyl sites for hydroxylation is 1. The molecule has 0 amide bonds. The van der Waals surface area contributed by atoms with Crippen LogP contribution in [0.5, 0.6) is 0 Å². The van der Waals surface area contributed by atoms with Crippen LogP contribution < -0.4 is 10.6 Å². The molecule has 0 bridgehead atoms. The highest BCUT2D eigenvalue weighted by molar-refractivity contribution is 5.49. The van der Waals surface area contributed by atoms with Crippen LogP contribution in [0.25, 0.3) is 0 Å². The molecule has 1 unspecified atom stereocenters. The molecule has 0 aliphatic heterocycles. The van der Waals surface area contributed by atoms with Crippen LogP contribution in [0.3, 0.4) is 0 Å². The minimum absolute atomic E-state index is 0.235. The number of likely N-dealkylation sites (N-methyl/N-ethyl adjacent to an activating group) is 1. The van der Waals surface area contributed by atoms with E-state index in [1.165, 1.54) is 16.8 Å². The van der Waals surface area contributed by atoms with Crippen LogP contribution in [-0.4, -0.2) is 13.1 Å². The largest absolute Gasteiger partial charge is 0.363 e. The van der Waals surface area contributed by atoms with Gasteiger partial charge in [0, 0.05) is 18.8 Å². The molecule has 106 valence electrons. The molecule has 2 aromatic rings. The van der Waals surface area contributed by atoms with Crippen molar-refractivity contribution in [2.75, 3.05) is 18.0 Å². The summed E-state index contributed by atoms with van der Waals surface area (Å²) in [4.78, 5) is 2.38. The van der Waals surface area contributed by atoms with Crippen LogP contribution in [0.2, 0.25) is 0 Å². The van der Waals surface area contributed by atoms with E-state index in [1.807, 2.05) is 0 Å². The zero-order chi connectivity index (χ0) is 14.4. The van der Waals surface area contributed by atoms with Crippen molar-refractivity contribution in [1.29, 1.82) is 0 Å². The molecule has 0 aliphatic rings. The Kier molecular flexibility index (Phi) is 5.19. The maximum Gasteiger partial charge on any atom is 0.0667 e. The fourth-order valence-electron chi connectivity index (χ4n) is 2.81. The van der Waals surface area contributed by atoms with E-state index in [0.29, 0.717) is 6.54 Å². The van der Waals surface area contributed by atoms with E-state index < -0.39 is 0 Å². The second-order valence-corrected chi connectivity index (χ2v) is 4.93. The van der Waals surface area contributed by atoms with Gasteiger partial charge >= 0.3 is 0 Å². The molecule has 2 aromatic carbocycles. The molecular weight excluding hydrogens is 244 g/mol. The number of para-hydroxylation sites is 1. The normalized spacial score (nSPS) is 12.2. The minimum Gasteiger partial charge on any atom is -0.363 e. The van der Waals surface area contributed by atoms with E-state index in [4.69, 9.17) is 5.73 Å². The van der Waals surface area contributed by atoms with Crippen molar-refractivity contribution in [3.8, 4) is 0 Å². The lowest BCUT2D eigenvalue weighted by Crippen LogP contribution is -2.34. The topological polar surface area (TPSA) is 29.3 Å².